The Hall–Kier alpha value is 2.38. The van der Waals surface area contributed by atoms with Gasteiger partial charge in [0.05, 0.1) is 10.1 Å². The topological polar surface area (TPSA) is 0 Å². The summed E-state index contributed by atoms with van der Waals surface area (Å²) in [6, 6.07) is 0. The van der Waals surface area contributed by atoms with Gasteiger partial charge in [0.1, 0.15) is 8.98 Å². The van der Waals surface area contributed by atoms with Crippen molar-refractivity contribution in [3.8, 4) is 0 Å². The number of halogens is 10. The highest BCUT2D eigenvalue weighted by Crippen LogP contribution is 2.32. The highest BCUT2D eigenvalue weighted by Gasteiger charge is 2.11. The Morgan fingerprint density at radius 3 is 0.733 bits per heavy atom. The molecule has 0 N–H and O–H groups in total. The fourth-order valence-corrected chi connectivity index (χ4v) is 0.926. The maximum Gasteiger partial charge on any atom is 0.266 e. The lowest BCUT2D eigenvalue weighted by Gasteiger charge is -1.94. The molecule has 0 rings (SSSR count). The summed E-state index contributed by atoms with van der Waals surface area (Å²) in [6.07, 6.45) is 0. The second-order valence-electron chi connectivity index (χ2n) is 1.58. The molecule has 15 heavy (non-hydrogen) atoms. The minimum atomic E-state index is -1.61. The normalized spacial score (nSPS) is 10.0. The summed E-state index contributed by atoms with van der Waals surface area (Å²) in [7, 11) is 0. The van der Waals surface area contributed by atoms with E-state index in [4.69, 9.17) is 116 Å². The maximum atomic E-state index is 5.42. The Bertz CT molecular complexity index is 221. The van der Waals surface area contributed by atoms with Crippen LogP contribution in [0.15, 0.2) is 19.0 Å². The van der Waals surface area contributed by atoms with Gasteiger partial charge < -0.3 is 0 Å². The van der Waals surface area contributed by atoms with E-state index in [2.05, 4.69) is 0 Å². The summed E-state index contributed by atoms with van der Waals surface area (Å²) in [5.41, 5.74) is 0. The molecule has 0 radical (unpaired) electrons. The first-order valence-electron chi connectivity index (χ1n) is 2.64. The smallest absolute Gasteiger partial charge is 0.0800 e. The number of hydrogen-bond acceptors (Lipinski definition) is 0. The van der Waals surface area contributed by atoms with E-state index in [-0.39, 0.29) is 19.0 Å². The number of alkyl halides is 4. The predicted molar refractivity (Wildman–Crippen MR) is 75.3 cm³/mol. The van der Waals surface area contributed by atoms with Crippen LogP contribution in [0, 0.1) is 0 Å². The Morgan fingerprint density at radius 1 is 0.533 bits per heavy atom. The van der Waals surface area contributed by atoms with Crippen molar-refractivity contribution in [2.75, 3.05) is 0 Å². The van der Waals surface area contributed by atoms with Crippen molar-refractivity contribution >= 4 is 116 Å². The summed E-state index contributed by atoms with van der Waals surface area (Å²) < 4.78 is -1.96. The lowest BCUT2D eigenvalue weighted by atomic mass is 10.6. The van der Waals surface area contributed by atoms with Crippen molar-refractivity contribution in [2.45, 2.75) is 3.25 Å². The van der Waals surface area contributed by atoms with Crippen molar-refractivity contribution in [3.05, 3.63) is 19.0 Å². The summed E-state index contributed by atoms with van der Waals surface area (Å²) in [5, 5.41) is -0.130. The zero-order valence-electron chi connectivity index (χ0n) is 6.28. The van der Waals surface area contributed by atoms with Gasteiger partial charge in [-0.25, -0.2) is 0 Å². The quantitative estimate of drug-likeness (QED) is 0.312. The largest absolute Gasteiger partial charge is 0.266 e. The SMILES string of the molecule is ClC(Cl)(Cl)Cl.ClC(Cl)=C(Cl)C(Cl)=C(Cl)Cl. The lowest BCUT2D eigenvalue weighted by molar-refractivity contribution is 1.76. The van der Waals surface area contributed by atoms with Gasteiger partial charge in [-0.3, -0.25) is 0 Å². The monoisotopic (exact) mass is 410 g/mol. The minimum absolute atomic E-state index is 0.0648. The minimum Gasteiger partial charge on any atom is -0.0800 e. The van der Waals surface area contributed by atoms with E-state index in [1.54, 1.807) is 0 Å². The van der Waals surface area contributed by atoms with Crippen LogP contribution in [0.4, 0.5) is 0 Å². The number of hydrogen-bond donors (Lipinski definition) is 0. The highest BCUT2D eigenvalue weighted by atomic mass is 35.6. The Labute approximate surface area is 137 Å². The molecule has 0 saturated carbocycles. The van der Waals surface area contributed by atoms with E-state index in [0.717, 1.165) is 0 Å². The molecule has 90 valence electrons. The molecule has 0 amide bonds. The second-order valence-corrected chi connectivity index (χ2v) is 7.66. The van der Waals surface area contributed by atoms with Gasteiger partial charge in [-0.05, 0) is 0 Å². The molecule has 0 nitrogen and oxygen atoms in total. The highest BCUT2D eigenvalue weighted by molar-refractivity contribution is 6.83. The molecule has 0 aromatic carbocycles. The summed E-state index contributed by atoms with van der Waals surface area (Å²) in [6.45, 7) is 0. The molecule has 0 unspecified atom stereocenters. The van der Waals surface area contributed by atoms with Crippen LogP contribution < -0.4 is 0 Å². The Morgan fingerprint density at radius 2 is 0.667 bits per heavy atom. The third-order valence-electron chi connectivity index (χ3n) is 0.525. The van der Waals surface area contributed by atoms with Gasteiger partial charge in [0, 0.05) is 0 Å². The van der Waals surface area contributed by atoms with Crippen LogP contribution in [0.5, 0.6) is 0 Å². The van der Waals surface area contributed by atoms with Crippen LogP contribution in [-0.2, 0) is 0 Å². The molecule has 0 fully saturated rings. The molecule has 0 aliphatic heterocycles. The first kappa shape index (κ1) is 19.7. The van der Waals surface area contributed by atoms with Crippen LogP contribution in [0.25, 0.3) is 0 Å². The average Bonchev–Trinajstić information content (AvgIpc) is 1.98. The Balaban J connectivity index is 0. The van der Waals surface area contributed by atoms with Gasteiger partial charge in [-0.15, -0.1) is 0 Å². The van der Waals surface area contributed by atoms with Gasteiger partial charge in [-0.2, -0.15) is 0 Å². The van der Waals surface area contributed by atoms with E-state index < -0.39 is 3.25 Å². The molecular weight excluding hydrogens is 415 g/mol. The van der Waals surface area contributed by atoms with Crippen LogP contribution in [0.2, 0.25) is 0 Å². The fourth-order valence-electron chi connectivity index (χ4n) is 0.166. The lowest BCUT2D eigenvalue weighted by Crippen LogP contribution is -1.81. The van der Waals surface area contributed by atoms with Gasteiger partial charge in [-0.1, -0.05) is 116 Å². The van der Waals surface area contributed by atoms with Crippen LogP contribution in [0.3, 0.4) is 0 Å². The van der Waals surface area contributed by atoms with Gasteiger partial charge in [0.2, 0.25) is 0 Å². The third-order valence-corrected chi connectivity index (χ3v) is 2.52. The third kappa shape index (κ3) is 16.4. The average molecular weight is 415 g/mol. The van der Waals surface area contributed by atoms with E-state index in [1.165, 1.54) is 0 Å². The molecule has 0 saturated heterocycles. The molecule has 0 heterocycles. The van der Waals surface area contributed by atoms with E-state index in [1.807, 2.05) is 0 Å². The van der Waals surface area contributed by atoms with Gasteiger partial charge >= 0.3 is 0 Å². The van der Waals surface area contributed by atoms with Crippen LogP contribution in [-0.4, -0.2) is 3.25 Å². The van der Waals surface area contributed by atoms with Crippen LogP contribution in [0.1, 0.15) is 0 Å². The molecule has 0 aromatic rings. The van der Waals surface area contributed by atoms with Crippen molar-refractivity contribution in [1.82, 2.24) is 0 Å². The maximum absolute atomic E-state index is 5.42. The molecule has 0 aromatic heterocycles. The van der Waals surface area contributed by atoms with Crippen molar-refractivity contribution < 1.29 is 0 Å². The predicted octanol–water partition coefficient (Wildman–Crippen LogP) is 7.31. The second kappa shape index (κ2) is 9.33. The fraction of sp³-hybridized carbons (Fsp3) is 0.200. The zero-order chi connectivity index (χ0) is 12.8. The molecule has 0 bridgehead atoms. The van der Waals surface area contributed by atoms with Crippen molar-refractivity contribution in [1.29, 1.82) is 0 Å². The summed E-state index contributed by atoms with van der Waals surface area (Å²) >= 11 is 51.1. The standard InChI is InChI=1S/C4Cl6.CCl4/c5-1(3(7)8)2(6)4(9)10;2-1(3,4)5. The first-order chi connectivity index (χ1) is 6.46. The Kier molecular flexibility index (Phi) is 12.3. The van der Waals surface area contributed by atoms with Crippen molar-refractivity contribution in [2.24, 2.45) is 0 Å². The molecule has 0 aliphatic carbocycles. The molecule has 0 spiro atoms. The van der Waals surface area contributed by atoms with Gasteiger partial charge in [0.25, 0.3) is 3.25 Å². The molecular formula is C5Cl10. The van der Waals surface area contributed by atoms with Crippen molar-refractivity contribution in [3.63, 3.8) is 0 Å². The summed E-state index contributed by atoms with van der Waals surface area (Å²) in [4.78, 5) is 0. The molecule has 0 atom stereocenters. The zero-order valence-corrected chi connectivity index (χ0v) is 13.8. The summed E-state index contributed by atoms with van der Waals surface area (Å²) in [5.74, 6) is 0. The van der Waals surface area contributed by atoms with Crippen LogP contribution >= 0.6 is 116 Å². The molecule has 0 aliphatic rings. The molecule has 10 heteroatoms. The van der Waals surface area contributed by atoms with E-state index >= 15 is 0 Å². The number of rotatable bonds is 1. The van der Waals surface area contributed by atoms with Gasteiger partial charge in [0.15, 0.2) is 0 Å². The first-order valence-corrected chi connectivity index (χ1v) is 6.42. The number of allylic oxidation sites excluding steroid dienone is 2. The van der Waals surface area contributed by atoms with E-state index in [9.17, 15) is 0 Å². The van der Waals surface area contributed by atoms with E-state index in [0.29, 0.717) is 0 Å².